The summed E-state index contributed by atoms with van der Waals surface area (Å²) in [6.45, 7) is 3.91. The van der Waals surface area contributed by atoms with Crippen LogP contribution >= 0.6 is 0 Å². The van der Waals surface area contributed by atoms with Crippen LogP contribution in [0.1, 0.15) is 25.5 Å². The molecule has 6 heteroatoms. The van der Waals surface area contributed by atoms with Crippen molar-refractivity contribution in [3.05, 3.63) is 35.9 Å². The summed E-state index contributed by atoms with van der Waals surface area (Å²) in [5.41, 5.74) is 0.00385. The second-order valence-electron chi connectivity index (χ2n) is 4.97. The molecule has 0 saturated carbocycles. The second-order valence-corrected chi connectivity index (χ2v) is 4.97. The molecule has 1 rings (SSSR count). The van der Waals surface area contributed by atoms with Crippen molar-refractivity contribution in [2.45, 2.75) is 25.5 Å². The number of urea groups is 1. The number of amides is 2. The first-order chi connectivity index (χ1) is 9.35. The molecule has 0 radical (unpaired) electrons. The van der Waals surface area contributed by atoms with Crippen LogP contribution in [-0.2, 0) is 9.53 Å². The zero-order valence-electron chi connectivity index (χ0n) is 11.8. The third kappa shape index (κ3) is 4.89. The van der Waals surface area contributed by atoms with Crippen LogP contribution in [0.25, 0.3) is 0 Å². The Morgan fingerprint density at radius 2 is 1.90 bits per heavy atom. The van der Waals surface area contributed by atoms with E-state index in [2.05, 4.69) is 10.6 Å². The number of hydrogen-bond acceptors (Lipinski definition) is 3. The van der Waals surface area contributed by atoms with Crippen molar-refractivity contribution in [2.75, 3.05) is 13.7 Å². The van der Waals surface area contributed by atoms with Crippen LogP contribution in [0.15, 0.2) is 30.3 Å². The van der Waals surface area contributed by atoms with Crippen LogP contribution < -0.4 is 10.6 Å². The van der Waals surface area contributed by atoms with E-state index in [4.69, 9.17) is 4.74 Å². The monoisotopic (exact) mass is 280 g/mol. The summed E-state index contributed by atoms with van der Waals surface area (Å²) in [4.78, 5) is 23.0. The van der Waals surface area contributed by atoms with E-state index in [9.17, 15) is 14.7 Å². The van der Waals surface area contributed by atoms with E-state index in [1.807, 2.05) is 13.8 Å². The lowest BCUT2D eigenvalue weighted by Gasteiger charge is -2.24. The Kier molecular flexibility index (Phi) is 5.52. The number of nitrogens with one attached hydrogen (secondary N) is 2. The molecular formula is C14H20N2O4. The summed E-state index contributed by atoms with van der Waals surface area (Å²) in [5, 5.41) is 14.2. The first kappa shape index (κ1) is 16.0. The van der Waals surface area contributed by atoms with Gasteiger partial charge in [0.2, 0.25) is 0 Å². The number of benzene rings is 1. The molecule has 0 saturated heterocycles. The van der Waals surface area contributed by atoms with Crippen molar-refractivity contribution in [1.82, 2.24) is 10.6 Å². The Morgan fingerprint density at radius 1 is 1.30 bits per heavy atom. The number of aliphatic carboxylic acids is 1. The van der Waals surface area contributed by atoms with Gasteiger partial charge in [-0.3, -0.25) is 0 Å². The minimum atomic E-state index is -1.11. The quantitative estimate of drug-likeness (QED) is 0.737. The van der Waals surface area contributed by atoms with Gasteiger partial charge in [0.25, 0.3) is 0 Å². The third-order valence-electron chi connectivity index (χ3n) is 2.88. The largest absolute Gasteiger partial charge is 0.479 e. The molecule has 0 aliphatic carbocycles. The molecule has 1 aromatic rings. The molecule has 0 spiro atoms. The first-order valence-electron chi connectivity index (χ1n) is 6.23. The van der Waals surface area contributed by atoms with Crippen LogP contribution in [0.3, 0.4) is 0 Å². The molecule has 0 aliphatic rings. The molecule has 3 N–H and O–H groups in total. The van der Waals surface area contributed by atoms with E-state index in [1.54, 1.807) is 37.4 Å². The average Bonchev–Trinajstić information content (AvgIpc) is 2.43. The van der Waals surface area contributed by atoms with Gasteiger partial charge in [-0.2, -0.15) is 0 Å². The van der Waals surface area contributed by atoms with E-state index in [-0.39, 0.29) is 6.54 Å². The van der Waals surface area contributed by atoms with Crippen LogP contribution in [0.2, 0.25) is 0 Å². The van der Waals surface area contributed by atoms with Gasteiger partial charge in [0.05, 0.1) is 5.60 Å². The van der Waals surface area contributed by atoms with Gasteiger partial charge in [0.15, 0.2) is 6.04 Å². The number of carbonyl (C=O) groups is 2. The van der Waals surface area contributed by atoms with Gasteiger partial charge in [-0.1, -0.05) is 30.3 Å². The topological polar surface area (TPSA) is 87.7 Å². The second kappa shape index (κ2) is 6.91. The molecule has 0 aliphatic heterocycles. The molecule has 1 atom stereocenters. The highest BCUT2D eigenvalue weighted by Crippen LogP contribution is 2.12. The summed E-state index contributed by atoms with van der Waals surface area (Å²) >= 11 is 0. The fourth-order valence-corrected chi connectivity index (χ4v) is 1.48. The number of ether oxygens (including phenoxy) is 1. The van der Waals surface area contributed by atoms with E-state index < -0.39 is 23.6 Å². The minimum Gasteiger partial charge on any atom is -0.479 e. The fraction of sp³-hybridized carbons (Fsp3) is 0.429. The highest BCUT2D eigenvalue weighted by molar-refractivity contribution is 5.83. The number of carboxylic acids is 1. The van der Waals surface area contributed by atoms with Crippen molar-refractivity contribution in [1.29, 1.82) is 0 Å². The van der Waals surface area contributed by atoms with Gasteiger partial charge in [-0.25, -0.2) is 9.59 Å². The lowest BCUT2D eigenvalue weighted by Crippen LogP contribution is -2.46. The number of methoxy groups -OCH3 is 1. The van der Waals surface area contributed by atoms with Crippen LogP contribution in [0.4, 0.5) is 4.79 Å². The normalized spacial score (nSPS) is 12.6. The SMILES string of the molecule is COC(C)(C)CNC(=O)N[C@@H](C(=O)O)c1ccccc1. The average molecular weight is 280 g/mol. The molecule has 20 heavy (non-hydrogen) atoms. The van der Waals surface area contributed by atoms with Crippen LogP contribution in [-0.4, -0.2) is 36.4 Å². The summed E-state index contributed by atoms with van der Waals surface area (Å²) in [7, 11) is 1.55. The maximum absolute atomic E-state index is 11.8. The summed E-state index contributed by atoms with van der Waals surface area (Å²) in [5.74, 6) is -1.11. The Hall–Kier alpha value is -2.08. The molecule has 6 nitrogen and oxygen atoms in total. The van der Waals surface area contributed by atoms with E-state index in [0.717, 1.165) is 0 Å². The number of carboxylic acid groups (broad SMARTS) is 1. The molecular weight excluding hydrogens is 260 g/mol. The van der Waals surface area contributed by atoms with Crippen molar-refractivity contribution in [3.8, 4) is 0 Å². The highest BCUT2D eigenvalue weighted by Gasteiger charge is 2.23. The smallest absolute Gasteiger partial charge is 0.330 e. The fourth-order valence-electron chi connectivity index (χ4n) is 1.48. The predicted octanol–water partition coefficient (Wildman–Crippen LogP) is 1.54. The lowest BCUT2D eigenvalue weighted by molar-refractivity contribution is -0.139. The molecule has 0 bridgehead atoms. The molecule has 0 fully saturated rings. The standard InChI is InChI=1S/C14H20N2O4/c1-14(2,20-3)9-15-13(19)16-11(12(17)18)10-7-5-4-6-8-10/h4-8,11H,9H2,1-3H3,(H,17,18)(H2,15,16,19)/t11-/m1/s1. The highest BCUT2D eigenvalue weighted by atomic mass is 16.5. The van der Waals surface area contributed by atoms with Gasteiger partial charge in [0, 0.05) is 13.7 Å². The van der Waals surface area contributed by atoms with Crippen molar-refractivity contribution in [3.63, 3.8) is 0 Å². The van der Waals surface area contributed by atoms with E-state index >= 15 is 0 Å². The van der Waals surface area contributed by atoms with Crippen molar-refractivity contribution in [2.24, 2.45) is 0 Å². The van der Waals surface area contributed by atoms with E-state index in [1.165, 1.54) is 0 Å². The maximum atomic E-state index is 11.8. The number of rotatable bonds is 6. The molecule has 110 valence electrons. The maximum Gasteiger partial charge on any atom is 0.330 e. The molecule has 2 amide bonds. The summed E-state index contributed by atoms with van der Waals surface area (Å²) in [6.07, 6.45) is 0. The van der Waals surface area contributed by atoms with E-state index in [0.29, 0.717) is 5.56 Å². The van der Waals surface area contributed by atoms with Gasteiger partial charge in [-0.15, -0.1) is 0 Å². The van der Waals surface area contributed by atoms with Crippen molar-refractivity contribution < 1.29 is 19.4 Å². The lowest BCUT2D eigenvalue weighted by atomic mass is 10.1. The Bertz CT molecular complexity index is 460. The zero-order valence-corrected chi connectivity index (χ0v) is 11.8. The summed E-state index contributed by atoms with van der Waals surface area (Å²) < 4.78 is 5.17. The molecule has 0 unspecified atom stereocenters. The van der Waals surface area contributed by atoms with Gasteiger partial charge >= 0.3 is 12.0 Å². The van der Waals surface area contributed by atoms with Gasteiger partial charge in [-0.05, 0) is 19.4 Å². The third-order valence-corrected chi connectivity index (χ3v) is 2.88. The minimum absolute atomic E-state index is 0.274. The Labute approximate surface area is 118 Å². The first-order valence-corrected chi connectivity index (χ1v) is 6.23. The zero-order chi connectivity index (χ0) is 15.2. The van der Waals surface area contributed by atoms with Gasteiger partial charge in [0.1, 0.15) is 0 Å². The Morgan fingerprint density at radius 3 is 2.40 bits per heavy atom. The number of hydrogen-bond donors (Lipinski definition) is 3. The summed E-state index contributed by atoms with van der Waals surface area (Å²) in [6, 6.07) is 6.89. The van der Waals surface area contributed by atoms with Crippen LogP contribution in [0, 0.1) is 0 Å². The predicted molar refractivity (Wildman–Crippen MR) is 74.4 cm³/mol. The Balaban J connectivity index is 2.64. The molecule has 1 aromatic carbocycles. The van der Waals surface area contributed by atoms with Gasteiger partial charge < -0.3 is 20.5 Å². The van der Waals surface area contributed by atoms with Crippen molar-refractivity contribution >= 4 is 12.0 Å². The molecule has 0 aromatic heterocycles. The molecule has 0 heterocycles. The number of carbonyl (C=O) groups excluding carboxylic acids is 1. The van der Waals surface area contributed by atoms with Crippen LogP contribution in [0.5, 0.6) is 0 Å².